The van der Waals surface area contributed by atoms with Crippen molar-refractivity contribution in [2.45, 2.75) is 18.7 Å². The minimum atomic E-state index is -3.32. The van der Waals surface area contributed by atoms with Gasteiger partial charge in [-0.2, -0.15) is 0 Å². The summed E-state index contributed by atoms with van der Waals surface area (Å²) in [6.07, 6.45) is 0. The molecule has 0 spiro atoms. The molecule has 1 aromatic heterocycles. The molecule has 1 rings (SSSR count). The molecule has 0 bridgehead atoms. The molecule has 0 radical (unpaired) electrons. The van der Waals surface area contributed by atoms with E-state index in [9.17, 15) is 8.42 Å². The van der Waals surface area contributed by atoms with Crippen molar-refractivity contribution >= 4 is 33.8 Å². The topological polar surface area (TPSA) is 58.2 Å². The Balaban J connectivity index is 0.00000225. The summed E-state index contributed by atoms with van der Waals surface area (Å²) in [5, 5.41) is 2.89. The Morgan fingerprint density at radius 1 is 1.31 bits per heavy atom. The maximum absolute atomic E-state index is 11.8. The monoisotopic (exact) mass is 284 g/mol. The summed E-state index contributed by atoms with van der Waals surface area (Å²) in [5.74, 6) is 0. The van der Waals surface area contributed by atoms with Crippen molar-refractivity contribution in [2.24, 2.45) is 0 Å². The number of rotatable bonds is 5. The highest BCUT2D eigenvalue weighted by Crippen LogP contribution is 2.24. The van der Waals surface area contributed by atoms with Crippen molar-refractivity contribution < 1.29 is 8.42 Å². The fourth-order valence-electron chi connectivity index (χ4n) is 1.26. The second-order valence-corrected chi connectivity index (χ2v) is 6.47. The molecule has 0 saturated heterocycles. The number of sulfonamides is 1. The lowest BCUT2D eigenvalue weighted by atomic mass is 10.4. The van der Waals surface area contributed by atoms with E-state index in [1.165, 1.54) is 11.3 Å². The van der Waals surface area contributed by atoms with E-state index in [1.54, 1.807) is 13.1 Å². The Bertz CT molecular complexity index is 429. The highest BCUT2D eigenvalue weighted by molar-refractivity contribution is 7.89. The number of nitrogens with one attached hydrogen (secondary N) is 2. The van der Waals surface area contributed by atoms with Crippen LogP contribution in [0.5, 0.6) is 0 Å². The average Bonchev–Trinajstić information content (AvgIpc) is 2.46. The molecule has 0 aliphatic rings. The zero-order valence-electron chi connectivity index (χ0n) is 9.53. The van der Waals surface area contributed by atoms with Gasteiger partial charge in [-0.15, -0.1) is 23.7 Å². The molecule has 16 heavy (non-hydrogen) atoms. The van der Waals surface area contributed by atoms with Crippen molar-refractivity contribution in [3.8, 4) is 0 Å². The predicted molar refractivity (Wildman–Crippen MR) is 70.2 cm³/mol. The lowest BCUT2D eigenvalue weighted by Gasteiger charge is -2.05. The molecule has 0 atom stereocenters. The standard InChI is InChI=1S/C9H16N2O2S2.ClH/c1-7-6-9(8(2)14-7)15(12,13)11-5-4-10-3;/h6,10-11H,4-5H2,1-3H3;1H. The molecule has 0 aliphatic carbocycles. The van der Waals surface area contributed by atoms with Gasteiger partial charge in [0.05, 0.1) is 4.90 Å². The fraction of sp³-hybridized carbons (Fsp3) is 0.556. The van der Waals surface area contributed by atoms with Gasteiger partial charge in [-0.1, -0.05) is 0 Å². The molecule has 0 fully saturated rings. The third-order valence-electron chi connectivity index (χ3n) is 1.95. The smallest absolute Gasteiger partial charge is 0.241 e. The Labute approximate surface area is 107 Å². The predicted octanol–water partition coefficient (Wildman–Crippen LogP) is 1.28. The van der Waals surface area contributed by atoms with E-state index in [2.05, 4.69) is 10.0 Å². The average molecular weight is 285 g/mol. The van der Waals surface area contributed by atoms with E-state index in [0.717, 1.165) is 9.75 Å². The van der Waals surface area contributed by atoms with Crippen molar-refractivity contribution in [1.82, 2.24) is 10.0 Å². The van der Waals surface area contributed by atoms with Crippen LogP contribution in [-0.2, 0) is 10.0 Å². The first-order valence-electron chi connectivity index (χ1n) is 4.68. The van der Waals surface area contributed by atoms with Gasteiger partial charge in [0, 0.05) is 22.8 Å². The van der Waals surface area contributed by atoms with Crippen LogP contribution in [-0.4, -0.2) is 28.6 Å². The third-order valence-corrected chi connectivity index (χ3v) is 4.63. The van der Waals surface area contributed by atoms with Gasteiger partial charge in [0.25, 0.3) is 0 Å². The van der Waals surface area contributed by atoms with Crippen LogP contribution in [0.2, 0.25) is 0 Å². The highest BCUT2D eigenvalue weighted by Gasteiger charge is 2.17. The maximum Gasteiger partial charge on any atom is 0.241 e. The summed E-state index contributed by atoms with van der Waals surface area (Å²) < 4.78 is 26.2. The van der Waals surface area contributed by atoms with Crippen molar-refractivity contribution in [2.75, 3.05) is 20.1 Å². The summed E-state index contributed by atoms with van der Waals surface area (Å²) >= 11 is 1.50. The summed E-state index contributed by atoms with van der Waals surface area (Å²) in [6, 6.07) is 1.71. The van der Waals surface area contributed by atoms with Crippen LogP contribution in [0.25, 0.3) is 0 Å². The quantitative estimate of drug-likeness (QED) is 0.801. The zero-order valence-corrected chi connectivity index (χ0v) is 12.0. The lowest BCUT2D eigenvalue weighted by molar-refractivity contribution is 0.579. The normalized spacial score (nSPS) is 11.2. The van der Waals surface area contributed by atoms with Crippen LogP contribution in [0.4, 0.5) is 0 Å². The molecule has 94 valence electrons. The van der Waals surface area contributed by atoms with Crippen LogP contribution in [0.15, 0.2) is 11.0 Å². The Morgan fingerprint density at radius 2 is 1.94 bits per heavy atom. The van der Waals surface area contributed by atoms with E-state index in [0.29, 0.717) is 18.0 Å². The van der Waals surface area contributed by atoms with Gasteiger partial charge in [-0.05, 0) is 27.0 Å². The van der Waals surface area contributed by atoms with Gasteiger partial charge in [0.15, 0.2) is 0 Å². The van der Waals surface area contributed by atoms with E-state index >= 15 is 0 Å². The third kappa shape index (κ3) is 4.03. The molecule has 7 heteroatoms. The van der Waals surface area contributed by atoms with E-state index in [1.807, 2.05) is 13.8 Å². The highest BCUT2D eigenvalue weighted by atomic mass is 35.5. The van der Waals surface area contributed by atoms with Gasteiger partial charge >= 0.3 is 0 Å². The SMILES string of the molecule is CNCCNS(=O)(=O)c1cc(C)sc1C.Cl. The summed E-state index contributed by atoms with van der Waals surface area (Å²) in [5.41, 5.74) is 0. The molecule has 1 heterocycles. The number of hydrogen-bond donors (Lipinski definition) is 2. The van der Waals surface area contributed by atoms with Gasteiger partial charge in [-0.3, -0.25) is 0 Å². The molecule has 0 unspecified atom stereocenters. The maximum atomic E-state index is 11.8. The molecular weight excluding hydrogens is 268 g/mol. The Morgan fingerprint density at radius 3 is 2.38 bits per heavy atom. The van der Waals surface area contributed by atoms with Crippen LogP contribution in [0.3, 0.4) is 0 Å². The summed E-state index contributed by atoms with van der Waals surface area (Å²) in [4.78, 5) is 2.26. The Kier molecular flexibility index (Phi) is 6.50. The Hall–Kier alpha value is -0.140. The van der Waals surface area contributed by atoms with Crippen LogP contribution in [0.1, 0.15) is 9.75 Å². The molecular formula is C9H17ClN2O2S2. The van der Waals surface area contributed by atoms with Crippen molar-refractivity contribution in [1.29, 1.82) is 0 Å². The largest absolute Gasteiger partial charge is 0.318 e. The second kappa shape index (κ2) is 6.56. The first-order valence-corrected chi connectivity index (χ1v) is 6.98. The van der Waals surface area contributed by atoms with Gasteiger partial charge in [0.1, 0.15) is 0 Å². The van der Waals surface area contributed by atoms with Crippen LogP contribution < -0.4 is 10.0 Å². The number of thiophene rings is 1. The molecule has 0 saturated carbocycles. The first kappa shape index (κ1) is 15.9. The lowest BCUT2D eigenvalue weighted by Crippen LogP contribution is -2.30. The van der Waals surface area contributed by atoms with Gasteiger partial charge in [0.2, 0.25) is 10.0 Å². The van der Waals surface area contributed by atoms with Gasteiger partial charge < -0.3 is 5.32 Å². The summed E-state index contributed by atoms with van der Waals surface area (Å²) in [7, 11) is -1.54. The molecule has 2 N–H and O–H groups in total. The minimum Gasteiger partial charge on any atom is -0.318 e. The molecule has 0 aromatic carbocycles. The van der Waals surface area contributed by atoms with E-state index in [4.69, 9.17) is 0 Å². The molecule has 4 nitrogen and oxygen atoms in total. The first-order chi connectivity index (χ1) is 6.97. The van der Waals surface area contributed by atoms with Crippen molar-refractivity contribution in [3.63, 3.8) is 0 Å². The van der Waals surface area contributed by atoms with Crippen molar-refractivity contribution in [3.05, 3.63) is 15.8 Å². The van der Waals surface area contributed by atoms with E-state index in [-0.39, 0.29) is 12.4 Å². The number of likely N-dealkylation sites (N-methyl/N-ethyl adjacent to an activating group) is 1. The number of halogens is 1. The minimum absolute atomic E-state index is 0. The van der Waals surface area contributed by atoms with Crippen LogP contribution in [0, 0.1) is 13.8 Å². The number of hydrogen-bond acceptors (Lipinski definition) is 4. The second-order valence-electron chi connectivity index (χ2n) is 3.28. The molecule has 0 amide bonds. The van der Waals surface area contributed by atoms with Gasteiger partial charge in [-0.25, -0.2) is 13.1 Å². The molecule has 0 aliphatic heterocycles. The zero-order chi connectivity index (χ0) is 11.5. The fourth-order valence-corrected chi connectivity index (χ4v) is 3.85. The van der Waals surface area contributed by atoms with Crippen LogP contribution >= 0.6 is 23.7 Å². The molecule has 1 aromatic rings. The van der Waals surface area contributed by atoms with E-state index < -0.39 is 10.0 Å². The summed E-state index contributed by atoms with van der Waals surface area (Å²) in [6.45, 7) is 4.77. The number of aryl methyl sites for hydroxylation is 2.